The van der Waals surface area contributed by atoms with Gasteiger partial charge in [0.15, 0.2) is 0 Å². The van der Waals surface area contributed by atoms with Crippen molar-refractivity contribution in [2.75, 3.05) is 0 Å². The van der Waals surface area contributed by atoms with Crippen molar-refractivity contribution in [3.05, 3.63) is 70.4 Å². The van der Waals surface area contributed by atoms with Crippen LogP contribution in [0, 0.1) is 0 Å². The lowest BCUT2D eigenvalue weighted by atomic mass is 10.1. The van der Waals surface area contributed by atoms with E-state index in [1.807, 2.05) is 25.1 Å². The van der Waals surface area contributed by atoms with Gasteiger partial charge >= 0.3 is 0 Å². The molecule has 6 nitrogen and oxygen atoms in total. The molecule has 1 amide bonds. The summed E-state index contributed by atoms with van der Waals surface area (Å²) in [5.74, 6) is -0.161. The molecule has 0 aliphatic rings. The van der Waals surface area contributed by atoms with Crippen LogP contribution in [-0.2, 0) is 11.2 Å². The van der Waals surface area contributed by atoms with E-state index in [0.717, 1.165) is 5.56 Å². The van der Waals surface area contributed by atoms with Crippen molar-refractivity contribution < 1.29 is 4.79 Å². The van der Waals surface area contributed by atoms with Crippen LogP contribution >= 0.6 is 0 Å². The van der Waals surface area contributed by atoms with Crippen molar-refractivity contribution in [2.24, 2.45) is 0 Å². The maximum atomic E-state index is 12.3. The van der Waals surface area contributed by atoms with Gasteiger partial charge in [-0.3, -0.25) is 14.6 Å². The molecule has 0 spiro atoms. The molecule has 1 unspecified atom stereocenters. The number of nitrogens with one attached hydrogen (secondary N) is 2. The minimum Gasteiger partial charge on any atom is -0.349 e. The number of pyridine rings is 1. The van der Waals surface area contributed by atoms with Crippen LogP contribution in [0.5, 0.6) is 0 Å². The van der Waals surface area contributed by atoms with Gasteiger partial charge in [-0.05, 0) is 24.6 Å². The lowest BCUT2D eigenvalue weighted by molar-refractivity contribution is -0.121. The highest BCUT2D eigenvalue weighted by molar-refractivity contribution is 5.88. The average Bonchev–Trinajstić information content (AvgIpc) is 2.58. The number of hydrogen-bond donors (Lipinski definition) is 2. The van der Waals surface area contributed by atoms with Crippen molar-refractivity contribution in [1.29, 1.82) is 0 Å². The Morgan fingerprint density at radius 1 is 1.22 bits per heavy atom. The summed E-state index contributed by atoms with van der Waals surface area (Å²) in [5.41, 5.74) is 1.23. The van der Waals surface area contributed by atoms with Gasteiger partial charge in [0.2, 0.25) is 5.91 Å². The first-order chi connectivity index (χ1) is 11.1. The van der Waals surface area contributed by atoms with Gasteiger partial charge in [-0.15, -0.1) is 0 Å². The van der Waals surface area contributed by atoms with E-state index in [1.54, 1.807) is 30.6 Å². The monoisotopic (exact) mass is 308 g/mol. The van der Waals surface area contributed by atoms with E-state index in [1.165, 1.54) is 0 Å². The smallest absolute Gasteiger partial charge is 0.272 e. The largest absolute Gasteiger partial charge is 0.349 e. The predicted molar refractivity (Wildman–Crippen MR) is 86.9 cm³/mol. The predicted octanol–water partition coefficient (Wildman–Crippen LogP) is 1.74. The first-order valence-corrected chi connectivity index (χ1v) is 7.31. The highest BCUT2D eigenvalue weighted by Crippen LogP contribution is 2.14. The van der Waals surface area contributed by atoms with E-state index in [9.17, 15) is 9.59 Å². The standard InChI is InChI=1S/C17H16N4O2/c1-11(12-5-4-8-18-10-12)19-16(22)9-15-13-6-2-3-7-14(13)17(23)21-20-15/h2-8,10-11H,9H2,1H3,(H,19,22)(H,21,23). The average molecular weight is 308 g/mol. The van der Waals surface area contributed by atoms with Gasteiger partial charge in [0.05, 0.1) is 23.5 Å². The second-order valence-electron chi connectivity index (χ2n) is 5.30. The summed E-state index contributed by atoms with van der Waals surface area (Å²) in [7, 11) is 0. The summed E-state index contributed by atoms with van der Waals surface area (Å²) in [6.07, 6.45) is 3.51. The fraction of sp³-hybridized carbons (Fsp3) is 0.176. The first-order valence-electron chi connectivity index (χ1n) is 7.31. The van der Waals surface area contributed by atoms with Crippen LogP contribution < -0.4 is 10.9 Å². The number of nitrogens with zero attached hydrogens (tertiary/aromatic N) is 2. The van der Waals surface area contributed by atoms with Crippen molar-refractivity contribution in [1.82, 2.24) is 20.5 Å². The fourth-order valence-corrected chi connectivity index (χ4v) is 2.47. The Kier molecular flexibility index (Phi) is 4.14. The molecule has 1 atom stereocenters. The molecule has 0 radical (unpaired) electrons. The Hall–Kier alpha value is -3.02. The van der Waals surface area contributed by atoms with E-state index in [4.69, 9.17) is 0 Å². The maximum absolute atomic E-state index is 12.3. The van der Waals surface area contributed by atoms with Crippen LogP contribution in [0.3, 0.4) is 0 Å². The van der Waals surface area contributed by atoms with Gasteiger partial charge in [0.25, 0.3) is 5.56 Å². The number of H-pyrrole nitrogens is 1. The number of benzene rings is 1. The molecule has 116 valence electrons. The molecule has 0 saturated carbocycles. The Balaban J connectivity index is 1.79. The van der Waals surface area contributed by atoms with Gasteiger partial charge in [-0.1, -0.05) is 24.3 Å². The normalized spacial score (nSPS) is 12.0. The summed E-state index contributed by atoms with van der Waals surface area (Å²) in [4.78, 5) is 28.1. The van der Waals surface area contributed by atoms with Crippen LogP contribution in [0.1, 0.15) is 24.2 Å². The molecule has 0 aliphatic carbocycles. The molecular weight excluding hydrogens is 292 g/mol. The summed E-state index contributed by atoms with van der Waals surface area (Å²) in [6.45, 7) is 1.90. The van der Waals surface area contributed by atoms with Crippen molar-refractivity contribution in [3.8, 4) is 0 Å². The van der Waals surface area contributed by atoms with E-state index in [-0.39, 0.29) is 23.9 Å². The number of carbonyl (C=O) groups is 1. The molecule has 2 aromatic heterocycles. The van der Waals surface area contributed by atoms with Crippen LogP contribution in [0.2, 0.25) is 0 Å². The number of hydrogen-bond acceptors (Lipinski definition) is 4. The van der Waals surface area contributed by atoms with Crippen LogP contribution in [0.4, 0.5) is 0 Å². The first kappa shape index (κ1) is 14.9. The molecule has 0 fully saturated rings. The summed E-state index contributed by atoms with van der Waals surface area (Å²) in [6, 6.07) is 10.7. The number of aromatic amines is 1. The molecule has 3 aromatic rings. The van der Waals surface area contributed by atoms with Gasteiger partial charge < -0.3 is 5.32 Å². The van der Waals surface area contributed by atoms with Crippen LogP contribution in [-0.4, -0.2) is 21.1 Å². The molecule has 23 heavy (non-hydrogen) atoms. The Bertz CT molecular complexity index is 890. The Morgan fingerprint density at radius 3 is 2.74 bits per heavy atom. The second kappa shape index (κ2) is 6.39. The third-order valence-corrected chi connectivity index (χ3v) is 3.66. The molecule has 2 N–H and O–H groups in total. The molecule has 2 heterocycles. The van der Waals surface area contributed by atoms with Crippen LogP contribution in [0.15, 0.2) is 53.6 Å². The lowest BCUT2D eigenvalue weighted by Gasteiger charge is -2.14. The van der Waals surface area contributed by atoms with E-state index in [2.05, 4.69) is 20.5 Å². The van der Waals surface area contributed by atoms with Crippen molar-refractivity contribution >= 4 is 16.7 Å². The number of rotatable bonds is 4. The zero-order valence-electron chi connectivity index (χ0n) is 12.6. The van der Waals surface area contributed by atoms with E-state index in [0.29, 0.717) is 16.5 Å². The Labute approximate surface area is 132 Å². The molecular formula is C17H16N4O2. The maximum Gasteiger partial charge on any atom is 0.272 e. The topological polar surface area (TPSA) is 87.7 Å². The van der Waals surface area contributed by atoms with Gasteiger partial charge in [-0.2, -0.15) is 5.10 Å². The van der Waals surface area contributed by atoms with Crippen molar-refractivity contribution in [3.63, 3.8) is 0 Å². The molecule has 3 rings (SSSR count). The minimum absolute atomic E-state index is 0.0991. The third-order valence-electron chi connectivity index (χ3n) is 3.66. The van der Waals surface area contributed by atoms with Gasteiger partial charge in [0, 0.05) is 17.8 Å². The second-order valence-corrected chi connectivity index (χ2v) is 5.30. The molecule has 1 aromatic carbocycles. The van der Waals surface area contributed by atoms with Crippen LogP contribution in [0.25, 0.3) is 10.8 Å². The zero-order valence-corrected chi connectivity index (χ0v) is 12.6. The number of amides is 1. The zero-order chi connectivity index (χ0) is 16.2. The Morgan fingerprint density at radius 2 is 2.00 bits per heavy atom. The molecule has 6 heteroatoms. The fourth-order valence-electron chi connectivity index (χ4n) is 2.47. The molecule has 0 bridgehead atoms. The summed E-state index contributed by atoms with van der Waals surface area (Å²) < 4.78 is 0. The summed E-state index contributed by atoms with van der Waals surface area (Å²) >= 11 is 0. The highest BCUT2D eigenvalue weighted by Gasteiger charge is 2.13. The van der Waals surface area contributed by atoms with E-state index >= 15 is 0 Å². The lowest BCUT2D eigenvalue weighted by Crippen LogP contribution is -2.29. The SMILES string of the molecule is CC(NC(=O)Cc1n[nH]c(=O)c2ccccc12)c1cccnc1. The molecule has 0 aliphatic heterocycles. The summed E-state index contributed by atoms with van der Waals surface area (Å²) in [5, 5.41) is 10.6. The van der Waals surface area contributed by atoms with E-state index < -0.39 is 0 Å². The van der Waals surface area contributed by atoms with Crippen molar-refractivity contribution in [2.45, 2.75) is 19.4 Å². The number of fused-ring (bicyclic) bond motifs is 1. The minimum atomic E-state index is -0.256. The number of carbonyl (C=O) groups excluding carboxylic acids is 1. The van der Waals surface area contributed by atoms with Gasteiger partial charge in [-0.25, -0.2) is 5.10 Å². The van der Waals surface area contributed by atoms with Gasteiger partial charge in [0.1, 0.15) is 0 Å². The molecule has 0 saturated heterocycles. The highest BCUT2D eigenvalue weighted by atomic mass is 16.1. The third kappa shape index (κ3) is 3.26. The number of aromatic nitrogens is 3. The quantitative estimate of drug-likeness (QED) is 0.768.